The molecule has 7 N–H and O–H groups in total. The number of phosphoric acid groups is 2. The molecule has 6 atom stereocenters. The minimum absolute atomic E-state index is 0.0637. The van der Waals surface area contributed by atoms with Gasteiger partial charge in [-0.25, -0.2) is 28.9 Å². The Balaban J connectivity index is 1.43. The van der Waals surface area contributed by atoms with Gasteiger partial charge in [-0.2, -0.15) is 9.89 Å². The molecule has 23 heteroatoms. The lowest BCUT2D eigenvalue weighted by molar-refractivity contribution is -0.0645. The largest absolute Gasteiger partial charge is 0.472 e. The Kier molecular flexibility index (Phi) is 9.78. The van der Waals surface area contributed by atoms with Gasteiger partial charge in [0.05, 0.1) is 19.5 Å². The highest BCUT2D eigenvalue weighted by molar-refractivity contribution is 7.47. The topological polar surface area (TPSA) is 301 Å². The van der Waals surface area contributed by atoms with Crippen molar-refractivity contribution >= 4 is 38.4 Å². The van der Waals surface area contributed by atoms with Crippen molar-refractivity contribution in [1.82, 2.24) is 29.1 Å². The summed E-state index contributed by atoms with van der Waals surface area (Å²) in [5.74, 6) is 0.0742. The molecule has 4 heterocycles. The van der Waals surface area contributed by atoms with E-state index in [4.69, 9.17) is 39.8 Å². The molecule has 0 aromatic carbocycles. The molecule has 4 rings (SSSR count). The molecule has 230 valence electrons. The van der Waals surface area contributed by atoms with Crippen molar-refractivity contribution in [2.45, 2.75) is 44.1 Å². The van der Waals surface area contributed by atoms with E-state index >= 15 is 0 Å². The van der Waals surface area contributed by atoms with E-state index < -0.39 is 71.9 Å². The third-order valence-corrected chi connectivity index (χ3v) is 7.39. The van der Waals surface area contributed by atoms with Crippen LogP contribution in [-0.2, 0) is 32.2 Å². The summed E-state index contributed by atoms with van der Waals surface area (Å²) in [6.07, 6.45) is -2.15. The van der Waals surface area contributed by atoms with Gasteiger partial charge in [-0.3, -0.25) is 22.7 Å². The number of nitroso groups, excluding NO2 is 1. The van der Waals surface area contributed by atoms with E-state index in [1.165, 1.54) is 29.5 Å². The van der Waals surface area contributed by atoms with Crippen LogP contribution in [0.5, 0.6) is 0 Å². The fourth-order valence-electron chi connectivity index (χ4n) is 4.02. The van der Waals surface area contributed by atoms with E-state index in [9.17, 15) is 23.7 Å². The molecule has 42 heavy (non-hydrogen) atoms. The van der Waals surface area contributed by atoms with Crippen molar-refractivity contribution in [3.05, 3.63) is 40.3 Å². The quantitative estimate of drug-likeness (QED) is 0.113. The second-order valence-corrected chi connectivity index (χ2v) is 11.5. The van der Waals surface area contributed by atoms with Gasteiger partial charge in [0.25, 0.3) is 0 Å². The lowest BCUT2D eigenvalue weighted by Gasteiger charge is -2.24. The zero-order valence-electron chi connectivity index (χ0n) is 21.7. The summed E-state index contributed by atoms with van der Waals surface area (Å²) in [6, 6.07) is 1.30. The minimum atomic E-state index is -4.96. The number of imidazole rings is 1. The summed E-state index contributed by atoms with van der Waals surface area (Å²) in [5.41, 5.74) is 11.1. The van der Waals surface area contributed by atoms with Crippen molar-refractivity contribution in [3.63, 3.8) is 0 Å². The Morgan fingerprint density at radius 1 is 1.21 bits per heavy atom. The predicted molar refractivity (Wildman–Crippen MR) is 140 cm³/mol. The molecular weight excluding hydrogens is 608 g/mol. The van der Waals surface area contributed by atoms with Crippen LogP contribution in [0.15, 0.2) is 34.9 Å². The first kappa shape index (κ1) is 31.7. The van der Waals surface area contributed by atoms with Gasteiger partial charge in [-0.05, 0) is 13.0 Å². The second kappa shape index (κ2) is 13.0. The van der Waals surface area contributed by atoms with Crippen LogP contribution in [0.3, 0.4) is 0 Å². The number of nitrogens with zero attached hydrogens (tertiary/aromatic N) is 7. The van der Waals surface area contributed by atoms with E-state index in [2.05, 4.69) is 29.6 Å². The third kappa shape index (κ3) is 7.98. The number of anilines is 2. The Bertz CT molecular complexity index is 1560. The van der Waals surface area contributed by atoms with Crippen LogP contribution in [-0.4, -0.2) is 81.8 Å². The average Bonchev–Trinajstić information content (AvgIpc) is 3.50. The highest BCUT2D eigenvalue weighted by atomic mass is 31.2. The molecule has 0 aliphatic carbocycles. The van der Waals surface area contributed by atoms with Crippen molar-refractivity contribution in [2.75, 3.05) is 31.2 Å². The number of phosphoric ester groups is 2. The molecule has 0 amide bonds. The van der Waals surface area contributed by atoms with Crippen LogP contribution in [0, 0.1) is 4.91 Å². The molecule has 21 nitrogen and oxygen atoms in total. The van der Waals surface area contributed by atoms with E-state index in [1.807, 2.05) is 0 Å². The normalized spacial score (nSPS) is 22.1. The summed E-state index contributed by atoms with van der Waals surface area (Å²) in [6.45, 7) is -0.306. The van der Waals surface area contributed by atoms with Crippen LogP contribution in [0.1, 0.15) is 25.8 Å². The summed E-state index contributed by atoms with van der Waals surface area (Å²) in [7, 11) is -9.90. The number of fused-ring (bicyclic) bond motifs is 1. The molecule has 1 saturated heterocycles. The Morgan fingerprint density at radius 3 is 2.67 bits per heavy atom. The van der Waals surface area contributed by atoms with E-state index in [-0.39, 0.29) is 18.1 Å². The third-order valence-electron chi connectivity index (χ3n) is 5.89. The summed E-state index contributed by atoms with van der Waals surface area (Å²) >= 11 is 0. The van der Waals surface area contributed by atoms with Gasteiger partial charge in [-0.15, -0.1) is 0 Å². The van der Waals surface area contributed by atoms with Gasteiger partial charge in [0, 0.05) is 12.6 Å². The fraction of sp³-hybridized carbons (Fsp3) is 0.526. The molecular formula is C19H27N9O12P2. The molecule has 0 saturated carbocycles. The Hall–Kier alpha value is -3.23. The molecule has 1 aliphatic rings. The Labute approximate surface area is 235 Å². The Morgan fingerprint density at radius 2 is 1.98 bits per heavy atom. The molecule has 3 aromatic heterocycles. The molecule has 0 spiro atoms. The van der Waals surface area contributed by atoms with E-state index in [0.29, 0.717) is 11.2 Å². The highest BCUT2D eigenvalue weighted by Gasteiger charge is 2.43. The summed E-state index contributed by atoms with van der Waals surface area (Å²) in [5, 5.41) is 2.77. The molecule has 0 radical (unpaired) electrons. The van der Waals surface area contributed by atoms with Crippen molar-refractivity contribution < 1.29 is 46.9 Å². The summed E-state index contributed by atoms with van der Waals surface area (Å²) < 4.78 is 52.7. The number of hydrogen-bond acceptors (Lipinski definition) is 16. The number of hydrogen-bond donors (Lipinski definition) is 5. The van der Waals surface area contributed by atoms with Crippen molar-refractivity contribution in [1.29, 1.82) is 0 Å². The van der Waals surface area contributed by atoms with Crippen LogP contribution >= 0.6 is 15.6 Å². The lowest BCUT2D eigenvalue weighted by Crippen LogP contribution is -2.30. The van der Waals surface area contributed by atoms with Crippen LogP contribution < -0.4 is 17.2 Å². The predicted octanol–water partition coefficient (Wildman–Crippen LogP) is -0.183. The molecule has 2 unspecified atom stereocenters. The maximum Gasteiger partial charge on any atom is 0.472 e. The number of rotatable bonds is 14. The zero-order chi connectivity index (χ0) is 30.7. The molecule has 3 aromatic rings. The fourth-order valence-corrected chi connectivity index (χ4v) is 5.35. The molecule has 1 aliphatic heterocycles. The van der Waals surface area contributed by atoms with Crippen LogP contribution in [0.25, 0.3) is 11.2 Å². The number of ether oxygens (including phenoxy) is 2. The first-order chi connectivity index (χ1) is 19.8. The smallest absolute Gasteiger partial charge is 0.383 e. The van der Waals surface area contributed by atoms with Crippen LogP contribution in [0.4, 0.5) is 11.6 Å². The maximum atomic E-state index is 12.9. The van der Waals surface area contributed by atoms with E-state index in [1.54, 1.807) is 6.92 Å². The summed E-state index contributed by atoms with van der Waals surface area (Å²) in [4.78, 5) is 67.5. The first-order valence-electron chi connectivity index (χ1n) is 12.0. The monoisotopic (exact) mass is 635 g/mol. The van der Waals surface area contributed by atoms with Gasteiger partial charge in [0.1, 0.15) is 55.0 Å². The number of nitrogens with two attached hydrogens (primary N) is 2. The van der Waals surface area contributed by atoms with Gasteiger partial charge in [-0.1, -0.05) is 5.18 Å². The van der Waals surface area contributed by atoms with Crippen molar-refractivity contribution in [2.24, 2.45) is 5.18 Å². The maximum absolute atomic E-state index is 12.9. The number of nitrogen functional groups attached to an aromatic ring is 2. The minimum Gasteiger partial charge on any atom is -0.383 e. The number of aromatic nitrogens is 6. The first-order valence-corrected chi connectivity index (χ1v) is 15.0. The highest BCUT2D eigenvalue weighted by Crippen LogP contribution is 2.49. The van der Waals surface area contributed by atoms with Gasteiger partial charge >= 0.3 is 21.3 Å². The van der Waals surface area contributed by atoms with Gasteiger partial charge < -0.3 is 35.6 Å². The van der Waals surface area contributed by atoms with E-state index in [0.717, 1.165) is 4.57 Å². The van der Waals surface area contributed by atoms with Crippen LogP contribution in [0.2, 0.25) is 0 Å². The van der Waals surface area contributed by atoms with Gasteiger partial charge in [0.2, 0.25) is 0 Å². The van der Waals surface area contributed by atoms with Crippen molar-refractivity contribution in [3.8, 4) is 0 Å². The van der Waals surface area contributed by atoms with Gasteiger partial charge in [0.15, 0.2) is 11.5 Å². The molecule has 1 fully saturated rings. The SMILES string of the molecule is C[C@@H](O[C@@H](CN=O)COP(=O)(O)O[C@H]1CC(n2ccc(N)nc2=O)O[C@@H]1COP(=O)(O)O)n1cnc2c(N)ncnc21. The lowest BCUT2D eigenvalue weighted by atomic mass is 10.2. The molecule has 0 bridgehead atoms. The average molecular weight is 635 g/mol. The second-order valence-electron chi connectivity index (χ2n) is 8.85. The zero-order valence-corrected chi connectivity index (χ0v) is 23.5. The standard InChI is InChI=1S/C19H27N9O12P2/c1-10(28-9-24-16-17(21)22-8-23-18(16)28)38-11(5-25-30)6-37-42(34,35)40-12-4-15(27-3-2-14(20)26-19(27)29)39-13(12)7-36-41(31,32)33/h2-3,8-13,15H,4-7H2,1H3,(H,34,35)(H2,20,26,29)(H2,21,22,23)(H2,31,32,33)/t10-,11+,12+,13-,15?/m1/s1.